The summed E-state index contributed by atoms with van der Waals surface area (Å²) in [7, 11) is -14.7. The molecular weight excluding hydrogens is 609 g/mol. The Morgan fingerprint density at radius 2 is 1.95 bits per heavy atom. The van der Waals surface area contributed by atoms with Crippen molar-refractivity contribution in [2.45, 2.75) is 42.4 Å². The lowest BCUT2D eigenvalue weighted by atomic mass is 10.1. The highest BCUT2D eigenvalue weighted by atomic mass is 32.1. The van der Waals surface area contributed by atoms with E-state index in [1.807, 2.05) is 0 Å². The van der Waals surface area contributed by atoms with Gasteiger partial charge in [0.15, 0.2) is 18.0 Å². The second-order valence-electron chi connectivity index (χ2n) is 8.07. The van der Waals surface area contributed by atoms with E-state index >= 15 is 0 Å². The summed E-state index contributed by atoms with van der Waals surface area (Å²) in [6.45, 7) is 0.186. The first-order valence-electron chi connectivity index (χ1n) is 11.1. The normalized spacial score (nSPS) is 26.3. The molecule has 3 rings (SSSR count). The summed E-state index contributed by atoms with van der Waals surface area (Å²) in [5.74, 6) is 0.385. The number of aromatic nitrogens is 2. The molecule has 0 radical (unpaired) electrons. The van der Waals surface area contributed by atoms with Gasteiger partial charge in [-0.1, -0.05) is 0 Å². The van der Waals surface area contributed by atoms with E-state index in [0.717, 1.165) is 6.42 Å². The Bertz CT molecular complexity index is 1170. The van der Waals surface area contributed by atoms with Crippen LogP contribution in [-0.4, -0.2) is 91.7 Å². The molecule has 1 aromatic rings. The minimum atomic E-state index is -5.42. The Kier molecular flexibility index (Phi) is 11.0. The van der Waals surface area contributed by atoms with Gasteiger partial charge in [0.05, 0.1) is 13.3 Å². The van der Waals surface area contributed by atoms with Gasteiger partial charge in [0, 0.05) is 13.1 Å². The van der Waals surface area contributed by atoms with E-state index in [-0.39, 0.29) is 29.4 Å². The highest BCUT2D eigenvalue weighted by Crippen LogP contribution is 2.63. The number of unbranched alkanes of at least 4 members (excludes halogenated alkanes) is 1. The van der Waals surface area contributed by atoms with E-state index in [4.69, 9.17) is 20.8 Å². The van der Waals surface area contributed by atoms with E-state index in [0.29, 0.717) is 25.2 Å². The van der Waals surface area contributed by atoms with Crippen molar-refractivity contribution in [3.63, 3.8) is 0 Å². The third-order valence-corrected chi connectivity index (χ3v) is 9.21. The Morgan fingerprint density at radius 3 is 2.62 bits per heavy atom. The lowest BCUT2D eigenvalue weighted by molar-refractivity contribution is -0.0214. The van der Waals surface area contributed by atoms with Crippen LogP contribution in [0.25, 0.3) is 0 Å². The van der Waals surface area contributed by atoms with Gasteiger partial charge < -0.3 is 56.2 Å². The molecule has 2 aliphatic rings. The van der Waals surface area contributed by atoms with Crippen LogP contribution in [-0.2, 0) is 31.6 Å². The third-order valence-electron chi connectivity index (χ3n) is 5.22. The fourth-order valence-electron chi connectivity index (χ4n) is 3.57. The van der Waals surface area contributed by atoms with Crippen LogP contribution in [0.2, 0.25) is 0 Å². The number of rotatable bonds is 14. The highest BCUT2D eigenvalue weighted by Gasteiger charge is 2.49. The number of aliphatic hydroxyl groups is 2. The van der Waals surface area contributed by atoms with Crippen LogP contribution in [0.1, 0.15) is 12.8 Å². The minimum Gasteiger partial charge on any atom is -0.387 e. The van der Waals surface area contributed by atoms with Crippen molar-refractivity contribution in [1.29, 1.82) is 5.41 Å². The lowest BCUT2D eigenvalue weighted by Crippen LogP contribution is -2.44. The molecule has 0 amide bonds. The first-order chi connectivity index (χ1) is 18.2. The third kappa shape index (κ3) is 8.96. The van der Waals surface area contributed by atoms with Crippen LogP contribution in [0, 0.1) is 5.41 Å². The summed E-state index contributed by atoms with van der Waals surface area (Å²) in [4.78, 5) is 37.6. The summed E-state index contributed by atoms with van der Waals surface area (Å²) in [5, 5.41) is 37.2. The first-order valence-corrected chi connectivity index (χ1v) is 15.8. The molecule has 222 valence electrons. The van der Waals surface area contributed by atoms with Crippen LogP contribution in [0.4, 0.5) is 17.5 Å². The summed E-state index contributed by atoms with van der Waals surface area (Å²) < 4.78 is 51.8. The largest absolute Gasteiger partial charge is 0.488 e. The number of nitrogens with zero attached hydrogens (tertiary/aromatic N) is 3. The van der Waals surface area contributed by atoms with Gasteiger partial charge in [-0.25, -0.2) is 18.4 Å². The second-order valence-corrected chi connectivity index (χ2v) is 12.5. The molecule has 1 aromatic heterocycles. The van der Waals surface area contributed by atoms with Crippen molar-refractivity contribution < 1.29 is 56.5 Å². The van der Waals surface area contributed by atoms with Crippen molar-refractivity contribution in [2.75, 3.05) is 41.9 Å². The maximum absolute atomic E-state index is 12.0. The summed E-state index contributed by atoms with van der Waals surface area (Å²) in [6, 6.07) is 0. The number of ether oxygens (including phenoxy) is 1. The summed E-state index contributed by atoms with van der Waals surface area (Å²) in [5.41, 5.74) is 5.65. The predicted octanol–water partition coefficient (Wildman–Crippen LogP) is -1.29. The molecule has 1 fully saturated rings. The molecule has 7 atom stereocenters. The highest BCUT2D eigenvalue weighted by molar-refractivity contribution is 7.80. The Labute approximate surface area is 227 Å². The zero-order valence-electron chi connectivity index (χ0n) is 19.9. The van der Waals surface area contributed by atoms with Gasteiger partial charge in [-0.3, -0.25) is 14.5 Å². The molecule has 5 unspecified atom stereocenters. The molecule has 20 nitrogen and oxygen atoms in total. The number of hydrogen-bond donors (Lipinski definition) is 11. The smallest absolute Gasteiger partial charge is 0.387 e. The van der Waals surface area contributed by atoms with Gasteiger partial charge >= 0.3 is 23.9 Å². The topological polar surface area (TPSA) is 304 Å². The van der Waals surface area contributed by atoms with E-state index in [1.165, 1.54) is 4.90 Å². The maximum atomic E-state index is 12.0. The van der Waals surface area contributed by atoms with Crippen LogP contribution in [0.5, 0.6) is 0 Å². The summed E-state index contributed by atoms with van der Waals surface area (Å²) >= 11 is 4.36. The van der Waals surface area contributed by atoms with Crippen LogP contribution >= 0.6 is 36.5 Å². The number of hydrogen-bond acceptors (Lipinski definition) is 16. The summed E-state index contributed by atoms with van der Waals surface area (Å²) in [6.07, 6.45) is -4.39. The number of fused-ring (bicyclic) bond motifs is 1. The van der Waals surface area contributed by atoms with Gasteiger partial charge in [0.25, 0.3) is 0 Å². The molecule has 0 saturated carbocycles. The van der Waals surface area contributed by atoms with Crippen molar-refractivity contribution in [3.05, 3.63) is 0 Å². The fourth-order valence-corrected chi connectivity index (χ4v) is 6.63. The van der Waals surface area contributed by atoms with Crippen LogP contribution in [0.15, 0.2) is 5.03 Å². The quantitative estimate of drug-likeness (QED) is 0.0282. The van der Waals surface area contributed by atoms with Gasteiger partial charge in [-0.15, -0.1) is 12.6 Å². The number of phosphoric acid groups is 2. The molecule has 0 bridgehead atoms. The van der Waals surface area contributed by atoms with Gasteiger partial charge in [0.2, 0.25) is 5.95 Å². The fraction of sp³-hybridized carbons (Fsp3) is 0.667. The van der Waals surface area contributed by atoms with Crippen LogP contribution < -0.4 is 26.6 Å². The van der Waals surface area contributed by atoms with Gasteiger partial charge in [-0.05, 0) is 12.8 Å². The molecule has 24 heteroatoms. The van der Waals surface area contributed by atoms with Gasteiger partial charge in [-0.2, -0.15) is 9.29 Å². The number of guanidine groups is 1. The Balaban J connectivity index is 1.61. The molecule has 2 aliphatic heterocycles. The van der Waals surface area contributed by atoms with E-state index in [1.54, 1.807) is 0 Å². The van der Waals surface area contributed by atoms with Crippen molar-refractivity contribution in [1.82, 2.24) is 15.3 Å². The number of thiol groups is 1. The molecule has 1 saturated heterocycles. The van der Waals surface area contributed by atoms with Crippen LogP contribution in [0.3, 0.4) is 0 Å². The SMILES string of the molecule is N=C(N)NCCCCNc1nc(S)c2c(n1)N(C1O[C@H](COP(=O)(O)OP(=O)(O)O[PH](=O)O)[C@H](O)C1O)CN2. The average molecular weight is 638 g/mol. The monoisotopic (exact) mass is 638 g/mol. The minimum absolute atomic E-state index is 0.0623. The Hall–Kier alpha value is -1.57. The lowest BCUT2D eigenvalue weighted by Gasteiger charge is -2.27. The molecule has 11 N–H and O–H groups in total. The number of anilines is 3. The van der Waals surface area contributed by atoms with E-state index in [9.17, 15) is 33.7 Å². The zero-order valence-corrected chi connectivity index (χ0v) is 23.6. The predicted molar refractivity (Wildman–Crippen MR) is 138 cm³/mol. The number of aliphatic hydroxyl groups excluding tert-OH is 2. The van der Waals surface area contributed by atoms with Crippen molar-refractivity contribution >= 4 is 59.9 Å². The van der Waals surface area contributed by atoms with Gasteiger partial charge in [0.1, 0.15) is 29.0 Å². The van der Waals surface area contributed by atoms with E-state index in [2.05, 4.69) is 51.7 Å². The average Bonchev–Trinajstić information content (AvgIpc) is 3.34. The Morgan fingerprint density at radius 1 is 1.26 bits per heavy atom. The number of nitrogens with one attached hydrogen (secondary N) is 4. The van der Waals surface area contributed by atoms with Crippen molar-refractivity contribution in [3.8, 4) is 0 Å². The molecule has 0 spiro atoms. The maximum Gasteiger partial charge on any atom is 0.488 e. The first kappa shape index (κ1) is 32.0. The standard InChI is InChI=1S/C15H29N8O12P3S/c16-14(17)18-3-1-2-4-19-15-21-11-8(12(39)22-15)20-6-23(11)13-10(25)9(24)7(33-13)5-32-37(28,29)35-38(30,31)34-36(26)27/h7,9-10,13,20,24-25,36H,1-6H2,(H,26,27)(H,28,29)(H,30,31)(H4,16,17,18)(H2,19,21,22,39)/t7-,9+,10?,13?/m1/s1. The second kappa shape index (κ2) is 13.4. The molecular formula is C15H29N8O12P3S. The number of nitrogens with two attached hydrogens (primary N) is 1. The molecule has 39 heavy (non-hydrogen) atoms. The molecule has 3 heterocycles. The molecule has 0 aliphatic carbocycles. The number of phosphoric ester groups is 1. The molecule has 0 aromatic carbocycles. The van der Waals surface area contributed by atoms with Crippen molar-refractivity contribution in [2.24, 2.45) is 5.73 Å². The van der Waals surface area contributed by atoms with E-state index < -0.39 is 55.0 Å². The zero-order chi connectivity index (χ0) is 29.0.